The Hall–Kier alpha value is -2.02. The van der Waals surface area contributed by atoms with Gasteiger partial charge in [-0.15, -0.1) is 0 Å². The highest BCUT2D eigenvalue weighted by Gasteiger charge is 2.24. The maximum Gasteiger partial charge on any atom is 0.222 e. The van der Waals surface area contributed by atoms with E-state index >= 15 is 0 Å². The van der Waals surface area contributed by atoms with Gasteiger partial charge in [0, 0.05) is 31.7 Å². The van der Waals surface area contributed by atoms with E-state index in [4.69, 9.17) is 5.26 Å². The maximum atomic E-state index is 11.5. The van der Waals surface area contributed by atoms with Crippen molar-refractivity contribution in [1.29, 1.82) is 5.26 Å². The number of nitrogens with zero attached hydrogens (tertiary/aromatic N) is 2. The summed E-state index contributed by atoms with van der Waals surface area (Å²) in [6.07, 6.45) is 1.74. The number of piperidine rings is 1. The number of rotatable bonds is 2. The number of hydrogen-bond donors (Lipinski definition) is 1. The lowest BCUT2D eigenvalue weighted by Gasteiger charge is -2.32. The van der Waals surface area contributed by atoms with Crippen LogP contribution in [0.3, 0.4) is 0 Å². The molecular weight excluding hydrogens is 226 g/mol. The molecule has 1 amide bonds. The van der Waals surface area contributed by atoms with Crippen molar-refractivity contribution >= 4 is 11.6 Å². The van der Waals surface area contributed by atoms with Crippen molar-refractivity contribution in [2.24, 2.45) is 5.92 Å². The topological polar surface area (TPSA) is 56.1 Å². The molecule has 1 heterocycles. The Bertz CT molecular complexity index is 470. The molecule has 0 saturated carbocycles. The van der Waals surface area contributed by atoms with Crippen molar-refractivity contribution in [1.82, 2.24) is 5.32 Å². The quantitative estimate of drug-likeness (QED) is 0.856. The molecule has 1 aromatic carbocycles. The number of nitrogens with one attached hydrogen (secondary N) is 1. The number of benzene rings is 1. The Kier molecular flexibility index (Phi) is 3.83. The van der Waals surface area contributed by atoms with Gasteiger partial charge in [0.1, 0.15) is 0 Å². The summed E-state index contributed by atoms with van der Waals surface area (Å²) in [6.45, 7) is 1.74. The third-order valence-corrected chi connectivity index (χ3v) is 3.45. The summed E-state index contributed by atoms with van der Waals surface area (Å²) < 4.78 is 0. The van der Waals surface area contributed by atoms with Crippen molar-refractivity contribution in [3.05, 3.63) is 29.8 Å². The summed E-state index contributed by atoms with van der Waals surface area (Å²) in [5, 5.41) is 11.6. The van der Waals surface area contributed by atoms with Gasteiger partial charge in [-0.1, -0.05) is 6.07 Å². The summed E-state index contributed by atoms with van der Waals surface area (Å²) in [7, 11) is 1.69. The molecule has 1 aromatic rings. The van der Waals surface area contributed by atoms with Crippen molar-refractivity contribution in [2.75, 3.05) is 25.0 Å². The SMILES string of the molecule is CNC(=O)C1CCN(c2cccc(C#N)c2)CC1. The van der Waals surface area contributed by atoms with Crippen LogP contribution in [0.5, 0.6) is 0 Å². The number of carbonyl (C=O) groups is 1. The van der Waals surface area contributed by atoms with Crippen LogP contribution in [0.25, 0.3) is 0 Å². The molecule has 4 nitrogen and oxygen atoms in total. The van der Waals surface area contributed by atoms with E-state index in [-0.39, 0.29) is 11.8 Å². The lowest BCUT2D eigenvalue weighted by atomic mass is 9.95. The van der Waals surface area contributed by atoms with E-state index in [9.17, 15) is 4.79 Å². The molecule has 2 rings (SSSR count). The van der Waals surface area contributed by atoms with Crippen LogP contribution in [-0.2, 0) is 4.79 Å². The van der Waals surface area contributed by atoms with Crippen LogP contribution in [0.4, 0.5) is 5.69 Å². The van der Waals surface area contributed by atoms with E-state index in [0.717, 1.165) is 31.6 Å². The van der Waals surface area contributed by atoms with Crippen LogP contribution in [0.1, 0.15) is 18.4 Å². The minimum atomic E-state index is 0.130. The van der Waals surface area contributed by atoms with E-state index in [0.29, 0.717) is 5.56 Å². The molecule has 1 aliphatic rings. The zero-order valence-corrected chi connectivity index (χ0v) is 10.5. The smallest absolute Gasteiger partial charge is 0.222 e. The van der Waals surface area contributed by atoms with Crippen LogP contribution in [0, 0.1) is 17.2 Å². The Morgan fingerprint density at radius 2 is 2.17 bits per heavy atom. The maximum absolute atomic E-state index is 11.5. The molecule has 1 N–H and O–H groups in total. The van der Waals surface area contributed by atoms with Gasteiger partial charge in [-0.25, -0.2) is 0 Å². The number of hydrogen-bond acceptors (Lipinski definition) is 3. The average Bonchev–Trinajstić information content (AvgIpc) is 2.46. The van der Waals surface area contributed by atoms with Crippen molar-refractivity contribution < 1.29 is 4.79 Å². The number of nitriles is 1. The third-order valence-electron chi connectivity index (χ3n) is 3.45. The first-order valence-corrected chi connectivity index (χ1v) is 6.21. The lowest BCUT2D eigenvalue weighted by molar-refractivity contribution is -0.125. The monoisotopic (exact) mass is 243 g/mol. The molecule has 0 bridgehead atoms. The summed E-state index contributed by atoms with van der Waals surface area (Å²) in [5.74, 6) is 0.269. The van der Waals surface area contributed by atoms with Crippen LogP contribution in [-0.4, -0.2) is 26.0 Å². The molecule has 18 heavy (non-hydrogen) atoms. The first-order valence-electron chi connectivity index (χ1n) is 6.21. The van der Waals surface area contributed by atoms with Gasteiger partial charge in [-0.3, -0.25) is 4.79 Å². The van der Waals surface area contributed by atoms with Crippen LogP contribution in [0.2, 0.25) is 0 Å². The Balaban J connectivity index is 2.01. The van der Waals surface area contributed by atoms with E-state index < -0.39 is 0 Å². The molecule has 0 atom stereocenters. The fourth-order valence-electron chi connectivity index (χ4n) is 2.38. The molecule has 1 saturated heterocycles. The molecule has 0 aromatic heterocycles. The van der Waals surface area contributed by atoms with Gasteiger partial charge >= 0.3 is 0 Å². The van der Waals surface area contributed by atoms with Crippen LogP contribution in [0.15, 0.2) is 24.3 Å². The van der Waals surface area contributed by atoms with Gasteiger partial charge in [0.15, 0.2) is 0 Å². The van der Waals surface area contributed by atoms with Gasteiger partial charge in [-0.05, 0) is 31.0 Å². The average molecular weight is 243 g/mol. The molecular formula is C14H17N3O. The highest BCUT2D eigenvalue weighted by molar-refractivity contribution is 5.78. The summed E-state index contributed by atoms with van der Waals surface area (Å²) >= 11 is 0. The second kappa shape index (κ2) is 5.54. The van der Waals surface area contributed by atoms with Gasteiger partial charge in [0.25, 0.3) is 0 Å². The van der Waals surface area contributed by atoms with Crippen molar-refractivity contribution in [3.63, 3.8) is 0 Å². The Morgan fingerprint density at radius 1 is 1.44 bits per heavy atom. The number of anilines is 1. The standard InChI is InChI=1S/C14H17N3O/c1-16-14(18)12-5-7-17(8-6-12)13-4-2-3-11(9-13)10-15/h2-4,9,12H,5-8H2,1H3,(H,16,18). The fourth-order valence-corrected chi connectivity index (χ4v) is 2.38. The molecule has 1 aliphatic heterocycles. The summed E-state index contributed by atoms with van der Waals surface area (Å²) in [5.41, 5.74) is 1.75. The van der Waals surface area contributed by atoms with E-state index in [2.05, 4.69) is 16.3 Å². The first kappa shape index (κ1) is 12.4. The summed E-state index contributed by atoms with van der Waals surface area (Å²) in [4.78, 5) is 13.8. The van der Waals surface area contributed by atoms with E-state index in [1.807, 2.05) is 18.2 Å². The Labute approximate surface area is 107 Å². The highest BCUT2D eigenvalue weighted by Crippen LogP contribution is 2.23. The Morgan fingerprint density at radius 3 is 2.78 bits per heavy atom. The van der Waals surface area contributed by atoms with Gasteiger partial charge < -0.3 is 10.2 Å². The molecule has 94 valence electrons. The van der Waals surface area contributed by atoms with Gasteiger partial charge in [0.05, 0.1) is 11.6 Å². The van der Waals surface area contributed by atoms with E-state index in [1.165, 1.54) is 0 Å². The lowest BCUT2D eigenvalue weighted by Crippen LogP contribution is -2.39. The largest absolute Gasteiger partial charge is 0.371 e. The molecule has 0 radical (unpaired) electrons. The molecule has 4 heteroatoms. The second-order valence-electron chi connectivity index (χ2n) is 4.54. The van der Waals surface area contributed by atoms with E-state index in [1.54, 1.807) is 13.1 Å². The minimum absolute atomic E-state index is 0.130. The number of carbonyl (C=O) groups excluding carboxylic acids is 1. The molecule has 0 spiro atoms. The van der Waals surface area contributed by atoms with Crippen LogP contribution < -0.4 is 10.2 Å². The van der Waals surface area contributed by atoms with Crippen molar-refractivity contribution in [2.45, 2.75) is 12.8 Å². The fraction of sp³-hybridized carbons (Fsp3) is 0.429. The first-order chi connectivity index (χ1) is 8.74. The second-order valence-corrected chi connectivity index (χ2v) is 4.54. The number of amides is 1. The van der Waals surface area contributed by atoms with Crippen molar-refractivity contribution in [3.8, 4) is 6.07 Å². The predicted molar refractivity (Wildman–Crippen MR) is 70.2 cm³/mol. The predicted octanol–water partition coefficient (Wildman–Crippen LogP) is 1.52. The molecule has 1 fully saturated rings. The zero-order chi connectivity index (χ0) is 13.0. The summed E-state index contributed by atoms with van der Waals surface area (Å²) in [6, 6.07) is 9.78. The minimum Gasteiger partial charge on any atom is -0.371 e. The zero-order valence-electron chi connectivity index (χ0n) is 10.5. The molecule has 0 unspecified atom stereocenters. The third kappa shape index (κ3) is 2.62. The molecule has 0 aliphatic carbocycles. The normalized spacial score (nSPS) is 16.1. The highest BCUT2D eigenvalue weighted by atomic mass is 16.1. The van der Waals surface area contributed by atoms with Gasteiger partial charge in [0.2, 0.25) is 5.91 Å². The van der Waals surface area contributed by atoms with Gasteiger partial charge in [-0.2, -0.15) is 5.26 Å². The van der Waals surface area contributed by atoms with Crippen LogP contribution >= 0.6 is 0 Å².